The first-order valence-electron chi connectivity index (χ1n) is 6.34. The van der Waals surface area contributed by atoms with Crippen LogP contribution in [0.5, 0.6) is 0 Å². The quantitative estimate of drug-likeness (QED) is 0.786. The second-order valence-corrected chi connectivity index (χ2v) is 4.35. The van der Waals surface area contributed by atoms with Crippen LogP contribution >= 0.6 is 0 Å². The normalized spacial score (nSPS) is 18.2. The summed E-state index contributed by atoms with van der Waals surface area (Å²) < 4.78 is 5.40. The molecule has 0 aliphatic carbocycles. The molecular weight excluding hydrogens is 206 g/mol. The van der Waals surface area contributed by atoms with E-state index in [-0.39, 0.29) is 18.8 Å². The summed E-state index contributed by atoms with van der Waals surface area (Å²) in [5, 5.41) is 8.88. The maximum atomic E-state index is 11.8. The number of aliphatic hydroxyl groups is 1. The van der Waals surface area contributed by atoms with Crippen LogP contribution in [0.1, 0.15) is 45.4 Å². The number of piperidine rings is 1. The zero-order valence-corrected chi connectivity index (χ0v) is 10.2. The number of nitrogens with zero attached hydrogens (tertiary/aromatic N) is 1. The molecule has 1 rings (SSSR count). The fourth-order valence-corrected chi connectivity index (χ4v) is 2.02. The van der Waals surface area contributed by atoms with Crippen molar-refractivity contribution in [1.82, 2.24) is 4.90 Å². The van der Waals surface area contributed by atoms with Crippen molar-refractivity contribution < 1.29 is 14.6 Å². The van der Waals surface area contributed by atoms with Gasteiger partial charge in [0.15, 0.2) is 0 Å². The molecule has 1 fully saturated rings. The Morgan fingerprint density at radius 3 is 2.56 bits per heavy atom. The highest BCUT2D eigenvalue weighted by molar-refractivity contribution is 5.67. The molecule has 1 atom stereocenters. The Balaban J connectivity index is 2.33. The van der Waals surface area contributed by atoms with Crippen molar-refractivity contribution in [3.8, 4) is 0 Å². The van der Waals surface area contributed by atoms with Gasteiger partial charge in [-0.3, -0.25) is 0 Å². The first kappa shape index (κ1) is 13.3. The Labute approximate surface area is 97.6 Å². The van der Waals surface area contributed by atoms with Crippen LogP contribution in [-0.4, -0.2) is 41.9 Å². The third kappa shape index (κ3) is 4.39. The summed E-state index contributed by atoms with van der Waals surface area (Å²) >= 11 is 0. The standard InChI is InChI=1S/C12H23NO3/c1-2-6-11(7-10-14)16-12(15)13-8-4-3-5-9-13/h11,14H,2-10H2,1H3. The summed E-state index contributed by atoms with van der Waals surface area (Å²) in [5.74, 6) is 0. The monoisotopic (exact) mass is 229 g/mol. The minimum Gasteiger partial charge on any atom is -0.446 e. The maximum Gasteiger partial charge on any atom is 0.410 e. The van der Waals surface area contributed by atoms with Crippen molar-refractivity contribution in [3.63, 3.8) is 0 Å². The van der Waals surface area contributed by atoms with Crippen LogP contribution in [0, 0.1) is 0 Å². The number of likely N-dealkylation sites (tertiary alicyclic amines) is 1. The van der Waals surface area contributed by atoms with E-state index in [9.17, 15) is 4.79 Å². The van der Waals surface area contributed by atoms with Gasteiger partial charge in [0.1, 0.15) is 6.10 Å². The molecule has 1 unspecified atom stereocenters. The molecule has 0 bridgehead atoms. The summed E-state index contributed by atoms with van der Waals surface area (Å²) in [7, 11) is 0. The van der Waals surface area contributed by atoms with E-state index >= 15 is 0 Å². The average molecular weight is 229 g/mol. The van der Waals surface area contributed by atoms with Crippen LogP contribution in [0.15, 0.2) is 0 Å². The first-order chi connectivity index (χ1) is 7.77. The SMILES string of the molecule is CCCC(CCO)OC(=O)N1CCCCC1. The number of carbonyl (C=O) groups excluding carboxylic acids is 1. The van der Waals surface area contributed by atoms with Crippen molar-refractivity contribution in [2.45, 2.75) is 51.6 Å². The number of carbonyl (C=O) groups is 1. The molecule has 0 aromatic rings. The van der Waals surface area contributed by atoms with Crippen molar-refractivity contribution in [3.05, 3.63) is 0 Å². The molecule has 4 heteroatoms. The highest BCUT2D eigenvalue weighted by Gasteiger charge is 2.21. The predicted molar refractivity (Wildman–Crippen MR) is 62.3 cm³/mol. The second-order valence-electron chi connectivity index (χ2n) is 4.35. The lowest BCUT2D eigenvalue weighted by Crippen LogP contribution is -2.38. The van der Waals surface area contributed by atoms with E-state index in [1.807, 2.05) is 0 Å². The zero-order chi connectivity index (χ0) is 11.8. The lowest BCUT2D eigenvalue weighted by molar-refractivity contribution is 0.0426. The summed E-state index contributed by atoms with van der Waals surface area (Å²) in [4.78, 5) is 13.6. The molecule has 0 aromatic carbocycles. The molecule has 1 amide bonds. The van der Waals surface area contributed by atoms with Gasteiger partial charge >= 0.3 is 6.09 Å². The number of hydrogen-bond acceptors (Lipinski definition) is 3. The summed E-state index contributed by atoms with van der Waals surface area (Å²) in [6.45, 7) is 3.77. The van der Waals surface area contributed by atoms with Crippen LogP contribution in [0.3, 0.4) is 0 Å². The molecule has 0 spiro atoms. The molecule has 94 valence electrons. The van der Waals surface area contributed by atoms with Gasteiger partial charge in [0.05, 0.1) is 0 Å². The van der Waals surface area contributed by atoms with Crippen LogP contribution in [0.4, 0.5) is 4.79 Å². The van der Waals surface area contributed by atoms with E-state index in [0.29, 0.717) is 6.42 Å². The van der Waals surface area contributed by atoms with E-state index < -0.39 is 0 Å². The van der Waals surface area contributed by atoms with Crippen molar-refractivity contribution in [2.24, 2.45) is 0 Å². The fraction of sp³-hybridized carbons (Fsp3) is 0.917. The van der Waals surface area contributed by atoms with Gasteiger partial charge in [0.2, 0.25) is 0 Å². The molecule has 1 N–H and O–H groups in total. The van der Waals surface area contributed by atoms with E-state index in [1.165, 1.54) is 6.42 Å². The number of amides is 1. The Morgan fingerprint density at radius 1 is 1.31 bits per heavy atom. The van der Waals surface area contributed by atoms with E-state index in [0.717, 1.165) is 38.8 Å². The second kappa shape index (κ2) is 7.49. The largest absolute Gasteiger partial charge is 0.446 e. The lowest BCUT2D eigenvalue weighted by Gasteiger charge is -2.28. The maximum absolute atomic E-state index is 11.8. The third-order valence-corrected chi connectivity index (χ3v) is 2.94. The Morgan fingerprint density at radius 2 is 2.00 bits per heavy atom. The summed E-state index contributed by atoms with van der Waals surface area (Å²) in [5.41, 5.74) is 0. The number of ether oxygens (including phenoxy) is 1. The molecular formula is C12H23NO3. The van der Waals surface area contributed by atoms with E-state index in [4.69, 9.17) is 9.84 Å². The molecule has 1 aliphatic heterocycles. The van der Waals surface area contributed by atoms with E-state index in [1.54, 1.807) is 4.90 Å². The number of hydrogen-bond donors (Lipinski definition) is 1. The van der Waals surface area contributed by atoms with Gasteiger partial charge in [-0.25, -0.2) is 4.79 Å². The predicted octanol–water partition coefficient (Wildman–Crippen LogP) is 2.16. The van der Waals surface area contributed by atoms with Crippen molar-refractivity contribution in [2.75, 3.05) is 19.7 Å². The summed E-state index contributed by atoms with van der Waals surface area (Å²) in [6, 6.07) is 0. The van der Waals surface area contributed by atoms with Crippen molar-refractivity contribution >= 4 is 6.09 Å². The first-order valence-corrected chi connectivity index (χ1v) is 6.34. The number of aliphatic hydroxyl groups excluding tert-OH is 1. The third-order valence-electron chi connectivity index (χ3n) is 2.94. The lowest BCUT2D eigenvalue weighted by atomic mass is 10.1. The Hall–Kier alpha value is -0.770. The molecule has 1 aliphatic rings. The minimum absolute atomic E-state index is 0.0813. The van der Waals surface area contributed by atoms with Crippen LogP contribution in [0.2, 0.25) is 0 Å². The smallest absolute Gasteiger partial charge is 0.410 e. The van der Waals surface area contributed by atoms with Gasteiger partial charge in [-0.2, -0.15) is 0 Å². The van der Waals surface area contributed by atoms with Gasteiger partial charge in [-0.1, -0.05) is 13.3 Å². The molecule has 0 radical (unpaired) electrons. The molecule has 1 saturated heterocycles. The Bertz CT molecular complexity index is 196. The number of rotatable bonds is 5. The van der Waals surface area contributed by atoms with Crippen LogP contribution in [0.25, 0.3) is 0 Å². The zero-order valence-electron chi connectivity index (χ0n) is 10.2. The molecule has 16 heavy (non-hydrogen) atoms. The van der Waals surface area contributed by atoms with Crippen molar-refractivity contribution in [1.29, 1.82) is 0 Å². The van der Waals surface area contributed by atoms with Gasteiger partial charge in [0, 0.05) is 26.1 Å². The van der Waals surface area contributed by atoms with Gasteiger partial charge in [-0.15, -0.1) is 0 Å². The van der Waals surface area contributed by atoms with Crippen LogP contribution in [-0.2, 0) is 4.74 Å². The summed E-state index contributed by atoms with van der Waals surface area (Å²) in [6.07, 6.45) is 5.39. The van der Waals surface area contributed by atoms with E-state index in [2.05, 4.69) is 6.92 Å². The average Bonchev–Trinajstić information content (AvgIpc) is 2.31. The fourth-order valence-electron chi connectivity index (χ4n) is 2.02. The molecule has 0 aromatic heterocycles. The Kier molecular flexibility index (Phi) is 6.23. The van der Waals surface area contributed by atoms with Gasteiger partial charge in [-0.05, 0) is 25.7 Å². The minimum atomic E-state index is -0.202. The molecule has 1 heterocycles. The highest BCUT2D eigenvalue weighted by atomic mass is 16.6. The van der Waals surface area contributed by atoms with Gasteiger partial charge < -0.3 is 14.7 Å². The topological polar surface area (TPSA) is 49.8 Å². The molecule has 0 saturated carbocycles. The van der Waals surface area contributed by atoms with Gasteiger partial charge in [0.25, 0.3) is 0 Å². The van der Waals surface area contributed by atoms with Crippen LogP contribution < -0.4 is 0 Å². The highest BCUT2D eigenvalue weighted by Crippen LogP contribution is 2.13. The molecule has 4 nitrogen and oxygen atoms in total.